The normalized spacial score (nSPS) is 21.8. The molecule has 1 N–H and O–H groups in total. The number of piperidine rings is 1. The minimum absolute atomic E-state index is 0.313. The summed E-state index contributed by atoms with van der Waals surface area (Å²) in [4.78, 5) is 13.7. The predicted octanol–water partition coefficient (Wildman–Crippen LogP) is 2.31. The van der Waals surface area contributed by atoms with Crippen LogP contribution in [-0.2, 0) is 4.74 Å². The topological polar surface area (TPSA) is 53.5 Å². The molecule has 1 unspecified atom stereocenters. The van der Waals surface area contributed by atoms with E-state index in [0.29, 0.717) is 11.3 Å². The minimum Gasteiger partial charge on any atom is -0.378 e. The molecule has 0 radical (unpaired) electrons. The fourth-order valence-electron chi connectivity index (χ4n) is 3.74. The number of benzene rings is 1. The first-order valence-corrected chi connectivity index (χ1v) is 9.34. The molecule has 0 bridgehead atoms. The number of halogens is 1. The molecule has 6 nitrogen and oxygen atoms in total. The number of nitrogens with one attached hydrogen (secondary N) is 1. The second kappa shape index (κ2) is 7.32. The average Bonchev–Trinajstić information content (AvgIpc) is 2.67. The van der Waals surface area contributed by atoms with Crippen LogP contribution in [0.15, 0.2) is 18.2 Å². The van der Waals surface area contributed by atoms with Gasteiger partial charge in [0.1, 0.15) is 5.82 Å². The molecule has 25 heavy (non-hydrogen) atoms. The van der Waals surface area contributed by atoms with E-state index in [9.17, 15) is 0 Å². The van der Waals surface area contributed by atoms with Crippen molar-refractivity contribution in [1.29, 1.82) is 0 Å². The largest absolute Gasteiger partial charge is 0.378 e. The highest BCUT2D eigenvalue weighted by molar-refractivity contribution is 6.28. The molecule has 2 aliphatic rings. The SMILES string of the molecule is CNC1CCCN(c2nc(Cl)nc3cc(N4CCOCC4)ccc23)C1. The Morgan fingerprint density at radius 2 is 2.00 bits per heavy atom. The van der Waals surface area contributed by atoms with Crippen LogP contribution in [0.2, 0.25) is 5.28 Å². The molecular weight excluding hydrogens is 338 g/mol. The first-order chi connectivity index (χ1) is 12.2. The third kappa shape index (κ3) is 3.52. The molecule has 134 valence electrons. The lowest BCUT2D eigenvalue weighted by Gasteiger charge is -2.34. The van der Waals surface area contributed by atoms with Crippen molar-refractivity contribution in [2.24, 2.45) is 0 Å². The molecule has 2 fully saturated rings. The number of nitrogens with zero attached hydrogens (tertiary/aromatic N) is 4. The first-order valence-electron chi connectivity index (χ1n) is 8.97. The molecular formula is C18H24ClN5O. The van der Waals surface area contributed by atoms with E-state index >= 15 is 0 Å². The molecule has 0 saturated carbocycles. The maximum Gasteiger partial charge on any atom is 0.224 e. The quantitative estimate of drug-likeness (QED) is 0.847. The summed E-state index contributed by atoms with van der Waals surface area (Å²) in [6.07, 6.45) is 2.35. The van der Waals surface area contributed by atoms with Gasteiger partial charge in [0, 0.05) is 43.3 Å². The van der Waals surface area contributed by atoms with Crippen molar-refractivity contribution >= 4 is 34.0 Å². The molecule has 2 aliphatic heterocycles. The summed E-state index contributed by atoms with van der Waals surface area (Å²) in [5.74, 6) is 0.948. The van der Waals surface area contributed by atoms with Gasteiger partial charge in [-0.1, -0.05) is 0 Å². The van der Waals surface area contributed by atoms with Crippen molar-refractivity contribution in [2.75, 3.05) is 56.2 Å². The van der Waals surface area contributed by atoms with Gasteiger partial charge in [-0.2, -0.15) is 4.98 Å². The van der Waals surface area contributed by atoms with Gasteiger partial charge < -0.3 is 19.9 Å². The molecule has 1 atom stereocenters. The summed E-state index contributed by atoms with van der Waals surface area (Å²) >= 11 is 6.25. The number of hydrogen-bond acceptors (Lipinski definition) is 6. The van der Waals surface area contributed by atoms with Crippen LogP contribution in [0.4, 0.5) is 11.5 Å². The van der Waals surface area contributed by atoms with Gasteiger partial charge >= 0.3 is 0 Å². The Morgan fingerprint density at radius 3 is 2.80 bits per heavy atom. The third-order valence-electron chi connectivity index (χ3n) is 5.14. The van der Waals surface area contributed by atoms with E-state index in [1.807, 2.05) is 7.05 Å². The Bertz CT molecular complexity index is 750. The molecule has 0 aliphatic carbocycles. The van der Waals surface area contributed by atoms with Crippen molar-refractivity contribution in [3.05, 3.63) is 23.5 Å². The van der Waals surface area contributed by atoms with Gasteiger partial charge in [-0.25, -0.2) is 4.98 Å². The van der Waals surface area contributed by atoms with E-state index in [1.54, 1.807) is 0 Å². The van der Waals surface area contributed by atoms with Gasteiger partial charge in [-0.15, -0.1) is 0 Å². The van der Waals surface area contributed by atoms with Crippen molar-refractivity contribution in [2.45, 2.75) is 18.9 Å². The van der Waals surface area contributed by atoms with E-state index < -0.39 is 0 Å². The van der Waals surface area contributed by atoms with Crippen LogP contribution in [0.25, 0.3) is 10.9 Å². The van der Waals surface area contributed by atoms with Gasteiger partial charge in [-0.3, -0.25) is 0 Å². The zero-order valence-corrected chi connectivity index (χ0v) is 15.3. The highest BCUT2D eigenvalue weighted by atomic mass is 35.5. The molecule has 3 heterocycles. The van der Waals surface area contributed by atoms with Crippen LogP contribution in [0.3, 0.4) is 0 Å². The molecule has 1 aromatic heterocycles. The summed E-state index contributed by atoms with van der Waals surface area (Å²) in [7, 11) is 2.02. The van der Waals surface area contributed by atoms with Crippen molar-refractivity contribution in [3.63, 3.8) is 0 Å². The van der Waals surface area contributed by atoms with E-state index in [-0.39, 0.29) is 0 Å². The van der Waals surface area contributed by atoms with Gasteiger partial charge in [0.15, 0.2) is 0 Å². The number of ether oxygens (including phenoxy) is 1. The summed E-state index contributed by atoms with van der Waals surface area (Å²) < 4.78 is 5.45. The number of hydrogen-bond donors (Lipinski definition) is 1. The minimum atomic E-state index is 0.313. The number of anilines is 2. The molecule has 0 amide bonds. The summed E-state index contributed by atoms with van der Waals surface area (Å²) in [6, 6.07) is 6.91. The molecule has 2 aromatic rings. The Kier molecular flexibility index (Phi) is 4.92. The molecule has 4 rings (SSSR count). The maximum absolute atomic E-state index is 6.25. The number of aromatic nitrogens is 2. The second-order valence-corrected chi connectivity index (χ2v) is 7.03. The summed E-state index contributed by atoms with van der Waals surface area (Å²) in [5, 5.41) is 4.76. The lowest BCUT2D eigenvalue weighted by Crippen LogP contribution is -2.44. The molecule has 2 saturated heterocycles. The lowest BCUT2D eigenvalue weighted by molar-refractivity contribution is 0.122. The predicted molar refractivity (Wildman–Crippen MR) is 102 cm³/mol. The highest BCUT2D eigenvalue weighted by Gasteiger charge is 2.22. The smallest absolute Gasteiger partial charge is 0.224 e. The number of rotatable bonds is 3. The van der Waals surface area contributed by atoms with Crippen LogP contribution in [0.1, 0.15) is 12.8 Å². The summed E-state index contributed by atoms with van der Waals surface area (Å²) in [5.41, 5.74) is 2.08. The monoisotopic (exact) mass is 361 g/mol. The first kappa shape index (κ1) is 16.8. The fraction of sp³-hybridized carbons (Fsp3) is 0.556. The van der Waals surface area contributed by atoms with Crippen LogP contribution in [0.5, 0.6) is 0 Å². The Balaban J connectivity index is 1.70. The van der Waals surface area contributed by atoms with Crippen molar-refractivity contribution in [1.82, 2.24) is 15.3 Å². The van der Waals surface area contributed by atoms with E-state index in [2.05, 4.69) is 43.3 Å². The van der Waals surface area contributed by atoms with Crippen LogP contribution in [-0.4, -0.2) is 62.5 Å². The number of fused-ring (bicyclic) bond motifs is 1. The van der Waals surface area contributed by atoms with Gasteiger partial charge in [0.25, 0.3) is 0 Å². The molecule has 0 spiro atoms. The average molecular weight is 362 g/mol. The van der Waals surface area contributed by atoms with E-state index in [0.717, 1.165) is 62.5 Å². The van der Waals surface area contributed by atoms with Crippen LogP contribution in [0, 0.1) is 0 Å². The van der Waals surface area contributed by atoms with Crippen LogP contribution < -0.4 is 15.1 Å². The van der Waals surface area contributed by atoms with Crippen molar-refractivity contribution in [3.8, 4) is 0 Å². The molecule has 1 aromatic carbocycles. The van der Waals surface area contributed by atoms with Crippen molar-refractivity contribution < 1.29 is 4.74 Å². The zero-order chi connectivity index (χ0) is 17.2. The number of likely N-dealkylation sites (N-methyl/N-ethyl adjacent to an activating group) is 1. The second-order valence-electron chi connectivity index (χ2n) is 6.69. The Hall–Kier alpha value is -1.63. The van der Waals surface area contributed by atoms with Gasteiger partial charge in [0.05, 0.1) is 18.7 Å². The van der Waals surface area contributed by atoms with Gasteiger partial charge in [-0.05, 0) is 49.7 Å². The fourth-order valence-corrected chi connectivity index (χ4v) is 3.91. The highest BCUT2D eigenvalue weighted by Crippen LogP contribution is 2.30. The summed E-state index contributed by atoms with van der Waals surface area (Å²) in [6.45, 7) is 5.32. The standard InChI is InChI=1S/C18H24ClN5O/c1-20-13-3-2-6-24(12-13)17-15-5-4-14(23-7-9-25-10-8-23)11-16(15)21-18(19)22-17/h4-5,11,13,20H,2-3,6-10,12H2,1H3. The maximum atomic E-state index is 6.25. The van der Waals surface area contributed by atoms with E-state index in [1.165, 1.54) is 12.1 Å². The third-order valence-corrected chi connectivity index (χ3v) is 5.31. The lowest BCUT2D eigenvalue weighted by atomic mass is 10.1. The van der Waals surface area contributed by atoms with E-state index in [4.69, 9.17) is 16.3 Å². The number of morpholine rings is 1. The van der Waals surface area contributed by atoms with Crippen LogP contribution >= 0.6 is 11.6 Å². The van der Waals surface area contributed by atoms with Gasteiger partial charge in [0.2, 0.25) is 5.28 Å². The Morgan fingerprint density at radius 1 is 1.16 bits per heavy atom. The Labute approximate surface area is 153 Å². The zero-order valence-electron chi connectivity index (χ0n) is 14.5. The molecule has 7 heteroatoms.